The van der Waals surface area contributed by atoms with Gasteiger partial charge in [0.05, 0.1) is 5.54 Å². The molecule has 0 aliphatic carbocycles. The van der Waals surface area contributed by atoms with Gasteiger partial charge in [0, 0.05) is 18.6 Å². The molecule has 2 heterocycles. The molecular formula is C12H22N2O. The molecule has 0 amide bonds. The monoisotopic (exact) mass is 210 g/mol. The van der Waals surface area contributed by atoms with E-state index in [0.717, 1.165) is 38.4 Å². The van der Waals surface area contributed by atoms with E-state index in [1.807, 2.05) is 0 Å². The van der Waals surface area contributed by atoms with Gasteiger partial charge < -0.3 is 10.1 Å². The maximum absolute atomic E-state index is 5.44. The molecule has 86 valence electrons. The minimum atomic E-state index is 0.179. The van der Waals surface area contributed by atoms with E-state index in [1.165, 1.54) is 0 Å². The Kier molecular flexibility index (Phi) is 2.45. The van der Waals surface area contributed by atoms with Crippen LogP contribution in [0.2, 0.25) is 0 Å². The highest BCUT2D eigenvalue weighted by Crippen LogP contribution is 2.31. The molecule has 0 atom stereocenters. The summed E-state index contributed by atoms with van der Waals surface area (Å²) in [5, 5.41) is 3.40. The normalized spacial score (nSPS) is 26.5. The molecule has 3 heteroatoms. The average molecular weight is 210 g/mol. The molecule has 2 aliphatic rings. The van der Waals surface area contributed by atoms with Crippen molar-refractivity contribution in [1.29, 1.82) is 0 Å². The van der Waals surface area contributed by atoms with Crippen LogP contribution in [-0.4, -0.2) is 35.7 Å². The van der Waals surface area contributed by atoms with Crippen molar-refractivity contribution >= 4 is 0 Å². The Bertz CT molecular complexity index is 259. The molecule has 0 aromatic rings. The van der Waals surface area contributed by atoms with Crippen molar-refractivity contribution in [3.8, 4) is 0 Å². The van der Waals surface area contributed by atoms with E-state index in [9.17, 15) is 0 Å². The number of hydrogen-bond donors (Lipinski definition) is 1. The van der Waals surface area contributed by atoms with E-state index in [-0.39, 0.29) is 11.1 Å². The topological polar surface area (TPSA) is 24.5 Å². The Balaban J connectivity index is 1.95. The van der Waals surface area contributed by atoms with Gasteiger partial charge in [-0.2, -0.15) is 0 Å². The molecule has 2 saturated heterocycles. The molecule has 0 bridgehead atoms. The largest absolute Gasteiger partial charge is 0.477 e. The van der Waals surface area contributed by atoms with Gasteiger partial charge in [-0.1, -0.05) is 0 Å². The van der Waals surface area contributed by atoms with Crippen LogP contribution in [0.15, 0.2) is 12.5 Å². The summed E-state index contributed by atoms with van der Waals surface area (Å²) in [6.45, 7) is 13.8. The number of nitrogens with one attached hydrogen (secondary N) is 1. The van der Waals surface area contributed by atoms with E-state index in [2.05, 4.69) is 37.6 Å². The van der Waals surface area contributed by atoms with Gasteiger partial charge in [-0.3, -0.25) is 4.90 Å². The number of rotatable bonds is 0. The number of nitrogens with zero attached hydrogens (tertiary/aromatic N) is 1. The third-order valence-electron chi connectivity index (χ3n) is 3.60. The van der Waals surface area contributed by atoms with E-state index in [4.69, 9.17) is 4.74 Å². The van der Waals surface area contributed by atoms with Crippen molar-refractivity contribution in [2.75, 3.05) is 19.7 Å². The highest BCUT2D eigenvalue weighted by Gasteiger charge is 2.41. The van der Waals surface area contributed by atoms with Crippen LogP contribution in [0.3, 0.4) is 0 Å². The summed E-state index contributed by atoms with van der Waals surface area (Å²) in [6.07, 6.45) is 2.31. The molecule has 0 aromatic heterocycles. The molecule has 2 fully saturated rings. The van der Waals surface area contributed by atoms with Crippen LogP contribution in [-0.2, 0) is 4.74 Å². The van der Waals surface area contributed by atoms with E-state index in [1.54, 1.807) is 0 Å². The average Bonchev–Trinajstić information content (AvgIpc) is 2.47. The lowest BCUT2D eigenvalue weighted by Crippen LogP contribution is -2.55. The molecule has 0 aromatic carbocycles. The molecule has 2 aliphatic heterocycles. The number of ether oxygens (including phenoxy) is 1. The Morgan fingerprint density at radius 3 is 2.33 bits per heavy atom. The lowest BCUT2D eigenvalue weighted by atomic mass is 9.87. The first-order chi connectivity index (χ1) is 6.91. The van der Waals surface area contributed by atoms with Gasteiger partial charge in [0.2, 0.25) is 0 Å². The SMILES string of the molecule is C=C1NC2(CCN(C(C)(C)C)CC2)CO1. The quantitative estimate of drug-likeness (QED) is 0.659. The zero-order chi connectivity index (χ0) is 11.1. The fraction of sp³-hybridized carbons (Fsp3) is 0.833. The molecule has 1 N–H and O–H groups in total. The fourth-order valence-electron chi connectivity index (χ4n) is 2.47. The first-order valence-electron chi connectivity index (χ1n) is 5.76. The Hall–Kier alpha value is -0.700. The zero-order valence-electron chi connectivity index (χ0n) is 10.1. The van der Waals surface area contributed by atoms with E-state index in [0.29, 0.717) is 0 Å². The van der Waals surface area contributed by atoms with Crippen LogP contribution in [0.4, 0.5) is 0 Å². The lowest BCUT2D eigenvalue weighted by molar-refractivity contribution is 0.0645. The zero-order valence-corrected chi connectivity index (χ0v) is 10.1. The third-order valence-corrected chi connectivity index (χ3v) is 3.60. The highest BCUT2D eigenvalue weighted by molar-refractivity contribution is 5.05. The van der Waals surface area contributed by atoms with Gasteiger partial charge in [-0.25, -0.2) is 0 Å². The minimum Gasteiger partial charge on any atom is -0.477 e. The summed E-state index contributed by atoms with van der Waals surface area (Å²) >= 11 is 0. The second kappa shape index (κ2) is 3.41. The smallest absolute Gasteiger partial charge is 0.179 e. The van der Waals surface area contributed by atoms with E-state index >= 15 is 0 Å². The van der Waals surface area contributed by atoms with Gasteiger partial charge in [0.15, 0.2) is 5.88 Å². The molecule has 0 saturated carbocycles. The summed E-state index contributed by atoms with van der Waals surface area (Å²) in [5.74, 6) is 0.749. The van der Waals surface area contributed by atoms with Crippen molar-refractivity contribution in [2.45, 2.75) is 44.7 Å². The second-order valence-electron chi connectivity index (χ2n) is 5.78. The predicted molar refractivity (Wildman–Crippen MR) is 61.5 cm³/mol. The minimum absolute atomic E-state index is 0.179. The Morgan fingerprint density at radius 2 is 1.93 bits per heavy atom. The van der Waals surface area contributed by atoms with Gasteiger partial charge in [0.25, 0.3) is 0 Å². The summed E-state index contributed by atoms with van der Waals surface area (Å²) < 4.78 is 5.44. The number of hydrogen-bond acceptors (Lipinski definition) is 3. The predicted octanol–water partition coefficient (Wildman–Crippen LogP) is 1.71. The second-order valence-corrected chi connectivity index (χ2v) is 5.78. The molecular weight excluding hydrogens is 188 g/mol. The fourth-order valence-corrected chi connectivity index (χ4v) is 2.47. The van der Waals surface area contributed by atoms with Crippen LogP contribution in [0.1, 0.15) is 33.6 Å². The maximum atomic E-state index is 5.44. The molecule has 2 rings (SSSR count). The maximum Gasteiger partial charge on any atom is 0.179 e. The first-order valence-corrected chi connectivity index (χ1v) is 5.76. The van der Waals surface area contributed by atoms with Crippen molar-refractivity contribution in [3.05, 3.63) is 12.5 Å². The van der Waals surface area contributed by atoms with Gasteiger partial charge >= 0.3 is 0 Å². The molecule has 1 spiro atoms. The first kappa shape index (κ1) is 10.8. The van der Waals surface area contributed by atoms with Gasteiger partial charge in [-0.15, -0.1) is 0 Å². The van der Waals surface area contributed by atoms with Crippen molar-refractivity contribution < 1.29 is 4.74 Å². The number of piperidine rings is 1. The molecule has 15 heavy (non-hydrogen) atoms. The van der Waals surface area contributed by atoms with Crippen molar-refractivity contribution in [3.63, 3.8) is 0 Å². The van der Waals surface area contributed by atoms with Crippen LogP contribution in [0.25, 0.3) is 0 Å². The molecule has 3 nitrogen and oxygen atoms in total. The van der Waals surface area contributed by atoms with Crippen molar-refractivity contribution in [1.82, 2.24) is 10.2 Å². The Labute approximate surface area is 92.5 Å². The van der Waals surface area contributed by atoms with Gasteiger partial charge in [-0.05, 0) is 40.2 Å². The van der Waals surface area contributed by atoms with Gasteiger partial charge in [0.1, 0.15) is 6.61 Å². The number of likely N-dealkylation sites (tertiary alicyclic amines) is 1. The molecule has 0 unspecified atom stereocenters. The van der Waals surface area contributed by atoms with Crippen LogP contribution in [0, 0.1) is 0 Å². The van der Waals surface area contributed by atoms with E-state index < -0.39 is 0 Å². The van der Waals surface area contributed by atoms with Crippen LogP contribution >= 0.6 is 0 Å². The lowest BCUT2D eigenvalue weighted by Gasteiger charge is -2.44. The summed E-state index contributed by atoms with van der Waals surface area (Å²) in [6, 6.07) is 0. The summed E-state index contributed by atoms with van der Waals surface area (Å²) in [4.78, 5) is 2.54. The highest BCUT2D eigenvalue weighted by atomic mass is 16.5. The van der Waals surface area contributed by atoms with Crippen molar-refractivity contribution in [2.24, 2.45) is 0 Å². The molecule has 0 radical (unpaired) electrons. The third kappa shape index (κ3) is 2.12. The summed E-state index contributed by atoms with van der Waals surface area (Å²) in [7, 11) is 0. The summed E-state index contributed by atoms with van der Waals surface area (Å²) in [5.41, 5.74) is 0.469. The standard InChI is InChI=1S/C12H22N2O/c1-10-13-12(9-15-10)5-7-14(8-6-12)11(2,3)4/h13H,1,5-9H2,2-4H3. The van der Waals surface area contributed by atoms with Crippen LogP contribution < -0.4 is 5.32 Å². The Morgan fingerprint density at radius 1 is 1.33 bits per heavy atom. The van der Waals surface area contributed by atoms with Crippen LogP contribution in [0.5, 0.6) is 0 Å².